The maximum Gasteiger partial charge on any atom is 0.268 e. The van der Waals surface area contributed by atoms with E-state index in [1.807, 2.05) is 43.3 Å². The zero-order valence-electron chi connectivity index (χ0n) is 16.5. The second-order valence-electron chi connectivity index (χ2n) is 7.23. The summed E-state index contributed by atoms with van der Waals surface area (Å²) in [6.07, 6.45) is 0.912. The highest BCUT2D eigenvalue weighted by Gasteiger charge is 2.20. The fourth-order valence-electron chi connectivity index (χ4n) is 3.52. The average molecular weight is 379 g/mol. The minimum atomic E-state index is -0.334. The number of nitrogens with zero attached hydrogens (tertiary/aromatic N) is 4. The number of nitriles is 1. The van der Waals surface area contributed by atoms with Crippen LogP contribution in [0.25, 0.3) is 0 Å². The second kappa shape index (κ2) is 8.17. The van der Waals surface area contributed by atoms with Crippen molar-refractivity contribution in [3.8, 4) is 6.07 Å². The van der Waals surface area contributed by atoms with Crippen LogP contribution in [0.1, 0.15) is 28.0 Å². The molecular formula is C21H25N5O2. The molecule has 1 aromatic carbocycles. The predicted molar refractivity (Wildman–Crippen MR) is 110 cm³/mol. The number of nitrogens with one attached hydrogen (secondary N) is 1. The Morgan fingerprint density at radius 3 is 2.39 bits per heavy atom. The number of H-pyrrole nitrogens is 1. The second-order valence-corrected chi connectivity index (χ2v) is 7.23. The highest BCUT2D eigenvalue weighted by atomic mass is 16.2. The van der Waals surface area contributed by atoms with E-state index in [0.717, 1.165) is 44.0 Å². The molecule has 0 spiro atoms. The number of benzene rings is 1. The highest BCUT2D eigenvalue weighted by Crippen LogP contribution is 2.22. The molecule has 0 radical (unpaired) electrons. The summed E-state index contributed by atoms with van der Waals surface area (Å²) in [5.74, 6) is -0.0118. The Balaban J connectivity index is 1.77. The molecule has 1 saturated heterocycles. The van der Waals surface area contributed by atoms with Gasteiger partial charge < -0.3 is 19.7 Å². The zero-order chi connectivity index (χ0) is 20.3. The molecule has 146 valence electrons. The molecule has 7 nitrogen and oxygen atoms in total. The number of rotatable bonds is 3. The number of hydrogen-bond acceptors (Lipinski definition) is 5. The fourth-order valence-corrected chi connectivity index (χ4v) is 3.52. The topological polar surface area (TPSA) is 83.4 Å². The monoisotopic (exact) mass is 379 g/mol. The molecule has 0 saturated carbocycles. The maximum absolute atomic E-state index is 12.1. The number of anilines is 2. The van der Waals surface area contributed by atoms with Gasteiger partial charge in [0.15, 0.2) is 0 Å². The van der Waals surface area contributed by atoms with Crippen molar-refractivity contribution in [3.63, 3.8) is 0 Å². The van der Waals surface area contributed by atoms with Crippen molar-refractivity contribution in [1.29, 1.82) is 5.26 Å². The molecule has 1 fully saturated rings. The quantitative estimate of drug-likeness (QED) is 0.882. The molecule has 0 unspecified atom stereocenters. The lowest BCUT2D eigenvalue weighted by atomic mass is 10.1. The van der Waals surface area contributed by atoms with Crippen LogP contribution in [-0.2, 0) is 0 Å². The molecule has 1 amide bonds. The number of carbonyl (C=O) groups is 1. The lowest BCUT2D eigenvalue weighted by molar-refractivity contribution is 0.0827. The van der Waals surface area contributed by atoms with Gasteiger partial charge in [0, 0.05) is 57.2 Å². The third-order valence-corrected chi connectivity index (χ3v) is 4.98. The number of pyridine rings is 1. The van der Waals surface area contributed by atoms with Gasteiger partial charge in [-0.3, -0.25) is 9.59 Å². The van der Waals surface area contributed by atoms with Crippen molar-refractivity contribution in [1.82, 2.24) is 9.88 Å². The summed E-state index contributed by atoms with van der Waals surface area (Å²) in [6.45, 7) is 4.98. The summed E-state index contributed by atoms with van der Waals surface area (Å²) >= 11 is 0. The molecule has 2 aromatic rings. The summed E-state index contributed by atoms with van der Waals surface area (Å²) in [5, 5.41) is 9.39. The standard InChI is InChI=1S/C21H25N5O2/c1-15-13-19(18(14-22)20(27)23-15)26-10-4-9-25(11-12-26)17-7-5-16(6-8-17)21(28)24(2)3/h5-8,13H,4,9-12H2,1-3H3,(H,23,27). The number of hydrogen-bond donors (Lipinski definition) is 1. The van der Waals surface area contributed by atoms with E-state index in [0.29, 0.717) is 11.3 Å². The van der Waals surface area contributed by atoms with E-state index >= 15 is 0 Å². The Morgan fingerprint density at radius 1 is 1.11 bits per heavy atom. The smallest absolute Gasteiger partial charge is 0.268 e. The summed E-state index contributed by atoms with van der Waals surface area (Å²) in [4.78, 5) is 32.8. The predicted octanol–water partition coefficient (Wildman–Crippen LogP) is 1.97. The first-order valence-corrected chi connectivity index (χ1v) is 9.36. The van der Waals surface area contributed by atoms with Crippen molar-refractivity contribution in [2.45, 2.75) is 13.3 Å². The van der Waals surface area contributed by atoms with E-state index in [4.69, 9.17) is 0 Å². The third kappa shape index (κ3) is 4.01. The Morgan fingerprint density at radius 2 is 1.75 bits per heavy atom. The van der Waals surface area contributed by atoms with Gasteiger partial charge in [-0.15, -0.1) is 0 Å². The lowest BCUT2D eigenvalue weighted by Gasteiger charge is -2.25. The van der Waals surface area contributed by atoms with Crippen LogP contribution in [0.2, 0.25) is 0 Å². The van der Waals surface area contributed by atoms with Gasteiger partial charge >= 0.3 is 0 Å². The van der Waals surface area contributed by atoms with E-state index in [-0.39, 0.29) is 17.0 Å². The first-order chi connectivity index (χ1) is 13.4. The SMILES string of the molecule is Cc1cc(N2CCCN(c3ccc(C(=O)N(C)C)cc3)CC2)c(C#N)c(=O)[nH]1. The fraction of sp³-hybridized carbons (Fsp3) is 0.381. The molecule has 3 rings (SSSR count). The minimum Gasteiger partial charge on any atom is -0.370 e. The van der Waals surface area contributed by atoms with Crippen LogP contribution in [-0.4, -0.2) is 56.1 Å². The first-order valence-electron chi connectivity index (χ1n) is 9.36. The van der Waals surface area contributed by atoms with Gasteiger partial charge in [0.05, 0.1) is 5.69 Å². The molecule has 28 heavy (non-hydrogen) atoms. The van der Waals surface area contributed by atoms with Gasteiger partial charge in [-0.05, 0) is 43.7 Å². The largest absolute Gasteiger partial charge is 0.370 e. The number of aromatic nitrogens is 1. The molecule has 0 atom stereocenters. The Kier molecular flexibility index (Phi) is 5.69. The number of aryl methyl sites for hydroxylation is 1. The minimum absolute atomic E-state index is 0.0118. The molecular weight excluding hydrogens is 354 g/mol. The van der Waals surface area contributed by atoms with Crippen LogP contribution < -0.4 is 15.4 Å². The summed E-state index contributed by atoms with van der Waals surface area (Å²) in [7, 11) is 3.48. The van der Waals surface area contributed by atoms with E-state index < -0.39 is 0 Å². The molecule has 1 aliphatic heterocycles. The van der Waals surface area contributed by atoms with Gasteiger partial charge in [-0.1, -0.05) is 0 Å². The molecule has 1 aromatic heterocycles. The summed E-state index contributed by atoms with van der Waals surface area (Å²) in [6, 6.07) is 11.6. The Bertz CT molecular complexity index is 956. The average Bonchev–Trinajstić information content (AvgIpc) is 2.93. The molecule has 0 bridgehead atoms. The number of aromatic amines is 1. The van der Waals surface area contributed by atoms with Gasteiger partial charge in [0.25, 0.3) is 11.5 Å². The Labute approximate surface area is 164 Å². The van der Waals surface area contributed by atoms with Gasteiger partial charge in [-0.2, -0.15) is 5.26 Å². The van der Waals surface area contributed by atoms with E-state index in [1.165, 1.54) is 0 Å². The van der Waals surface area contributed by atoms with Crippen molar-refractivity contribution < 1.29 is 4.79 Å². The third-order valence-electron chi connectivity index (χ3n) is 4.98. The van der Waals surface area contributed by atoms with Crippen LogP contribution in [0, 0.1) is 18.3 Å². The van der Waals surface area contributed by atoms with Gasteiger partial charge in [0.1, 0.15) is 11.6 Å². The molecule has 2 heterocycles. The first kappa shape index (κ1) is 19.5. The van der Waals surface area contributed by atoms with Crippen LogP contribution >= 0.6 is 0 Å². The molecule has 7 heteroatoms. The van der Waals surface area contributed by atoms with Crippen molar-refractivity contribution in [2.24, 2.45) is 0 Å². The Hall–Kier alpha value is -3.27. The van der Waals surface area contributed by atoms with Crippen molar-refractivity contribution in [2.75, 3.05) is 50.1 Å². The van der Waals surface area contributed by atoms with Crippen LogP contribution in [0.3, 0.4) is 0 Å². The van der Waals surface area contributed by atoms with E-state index in [9.17, 15) is 14.9 Å². The van der Waals surface area contributed by atoms with Crippen LogP contribution in [0.5, 0.6) is 0 Å². The molecule has 1 N–H and O–H groups in total. The molecule has 0 aliphatic carbocycles. The van der Waals surface area contributed by atoms with E-state index in [2.05, 4.69) is 14.8 Å². The highest BCUT2D eigenvalue weighted by molar-refractivity contribution is 5.94. The number of carbonyl (C=O) groups excluding carboxylic acids is 1. The van der Waals surface area contributed by atoms with Crippen molar-refractivity contribution in [3.05, 3.63) is 57.5 Å². The van der Waals surface area contributed by atoms with Crippen molar-refractivity contribution >= 4 is 17.3 Å². The maximum atomic E-state index is 12.1. The van der Waals surface area contributed by atoms with Crippen LogP contribution in [0.4, 0.5) is 11.4 Å². The summed E-state index contributed by atoms with van der Waals surface area (Å²) < 4.78 is 0. The zero-order valence-corrected chi connectivity index (χ0v) is 16.5. The van der Waals surface area contributed by atoms with Gasteiger partial charge in [-0.25, -0.2) is 0 Å². The van der Waals surface area contributed by atoms with Crippen LogP contribution in [0.15, 0.2) is 35.1 Å². The van der Waals surface area contributed by atoms with E-state index in [1.54, 1.807) is 19.0 Å². The molecule has 1 aliphatic rings. The lowest BCUT2D eigenvalue weighted by Crippen LogP contribution is -2.32. The number of amides is 1. The normalized spacial score (nSPS) is 14.4. The van der Waals surface area contributed by atoms with Gasteiger partial charge in [0.2, 0.25) is 0 Å². The summed E-state index contributed by atoms with van der Waals surface area (Å²) in [5.41, 5.74) is 3.03.